The topological polar surface area (TPSA) is 52.9 Å². The van der Waals surface area contributed by atoms with Crippen LogP contribution >= 0.6 is 11.3 Å². The molecule has 1 aromatic carbocycles. The first-order chi connectivity index (χ1) is 8.24. The van der Waals surface area contributed by atoms with Crippen LogP contribution in [0.4, 0.5) is 0 Å². The van der Waals surface area contributed by atoms with Crippen molar-refractivity contribution in [2.45, 2.75) is 19.4 Å². The number of carbonyl (C=O) groups excluding carboxylic acids is 1. The summed E-state index contributed by atoms with van der Waals surface area (Å²) in [6, 6.07) is 11.4. The number of fused-ring (bicyclic) bond motifs is 1. The molecule has 1 heterocycles. The number of hydrogen-bond donors (Lipinski definition) is 1. The molecule has 1 unspecified atom stereocenters. The third-order valence-corrected chi connectivity index (χ3v) is 3.63. The number of benzene rings is 1. The van der Waals surface area contributed by atoms with Crippen LogP contribution in [0.25, 0.3) is 10.1 Å². The van der Waals surface area contributed by atoms with Gasteiger partial charge in [-0.1, -0.05) is 25.1 Å². The van der Waals surface area contributed by atoms with E-state index in [0.717, 1.165) is 10.1 Å². The van der Waals surface area contributed by atoms with Crippen LogP contribution in [0.3, 0.4) is 0 Å². The lowest BCUT2D eigenvalue weighted by Crippen LogP contribution is -2.32. The summed E-state index contributed by atoms with van der Waals surface area (Å²) in [5.41, 5.74) is 0. The molecule has 1 atom stereocenters. The standard InChI is InChI=1S/C13H12N2OS/c1-2-10(8-14)15-13(16)12-7-9-5-3-4-6-11(9)17-12/h3-7,10H,2H2,1H3,(H,15,16). The molecule has 0 aliphatic carbocycles. The van der Waals surface area contributed by atoms with Crippen LogP contribution in [0, 0.1) is 11.3 Å². The second-order valence-corrected chi connectivity index (χ2v) is 4.80. The molecule has 2 aromatic rings. The van der Waals surface area contributed by atoms with Gasteiger partial charge >= 0.3 is 0 Å². The van der Waals surface area contributed by atoms with E-state index in [1.807, 2.05) is 37.3 Å². The van der Waals surface area contributed by atoms with E-state index in [-0.39, 0.29) is 5.91 Å². The van der Waals surface area contributed by atoms with Crippen molar-refractivity contribution in [1.29, 1.82) is 5.26 Å². The minimum Gasteiger partial charge on any atom is -0.336 e. The monoisotopic (exact) mass is 244 g/mol. The van der Waals surface area contributed by atoms with Crippen LogP contribution in [0.1, 0.15) is 23.0 Å². The van der Waals surface area contributed by atoms with Gasteiger partial charge in [-0.2, -0.15) is 5.26 Å². The van der Waals surface area contributed by atoms with Gasteiger partial charge in [0.05, 0.1) is 10.9 Å². The van der Waals surface area contributed by atoms with Gasteiger partial charge in [-0.25, -0.2) is 0 Å². The SMILES string of the molecule is CCC(C#N)NC(=O)c1cc2ccccc2s1. The lowest BCUT2D eigenvalue weighted by molar-refractivity contribution is 0.0949. The van der Waals surface area contributed by atoms with E-state index in [9.17, 15) is 4.79 Å². The van der Waals surface area contributed by atoms with Gasteiger partial charge in [-0.05, 0) is 23.9 Å². The highest BCUT2D eigenvalue weighted by atomic mass is 32.1. The molecule has 17 heavy (non-hydrogen) atoms. The quantitative estimate of drug-likeness (QED) is 0.902. The molecular weight excluding hydrogens is 232 g/mol. The Morgan fingerprint density at radius 1 is 1.53 bits per heavy atom. The van der Waals surface area contributed by atoms with Crippen molar-refractivity contribution in [2.24, 2.45) is 0 Å². The highest BCUT2D eigenvalue weighted by molar-refractivity contribution is 7.20. The summed E-state index contributed by atoms with van der Waals surface area (Å²) in [6.45, 7) is 1.87. The van der Waals surface area contributed by atoms with Gasteiger partial charge in [0.25, 0.3) is 5.91 Å². The van der Waals surface area contributed by atoms with E-state index < -0.39 is 6.04 Å². The van der Waals surface area contributed by atoms with E-state index >= 15 is 0 Å². The van der Waals surface area contributed by atoms with E-state index in [0.29, 0.717) is 11.3 Å². The van der Waals surface area contributed by atoms with Crippen molar-refractivity contribution in [3.05, 3.63) is 35.2 Å². The molecule has 0 saturated carbocycles. The van der Waals surface area contributed by atoms with Crippen molar-refractivity contribution in [3.8, 4) is 6.07 Å². The molecule has 0 radical (unpaired) electrons. The van der Waals surface area contributed by atoms with E-state index in [2.05, 4.69) is 11.4 Å². The highest BCUT2D eigenvalue weighted by Gasteiger charge is 2.13. The highest BCUT2D eigenvalue weighted by Crippen LogP contribution is 2.25. The number of hydrogen-bond acceptors (Lipinski definition) is 3. The number of nitriles is 1. The maximum absolute atomic E-state index is 11.9. The van der Waals surface area contributed by atoms with Crippen LogP contribution in [0.2, 0.25) is 0 Å². The first-order valence-electron chi connectivity index (χ1n) is 5.43. The third kappa shape index (κ3) is 2.45. The van der Waals surface area contributed by atoms with Crippen molar-refractivity contribution < 1.29 is 4.79 Å². The largest absolute Gasteiger partial charge is 0.336 e. The molecule has 3 nitrogen and oxygen atoms in total. The molecule has 0 bridgehead atoms. The van der Waals surface area contributed by atoms with Crippen LogP contribution in [0.5, 0.6) is 0 Å². The summed E-state index contributed by atoms with van der Waals surface area (Å²) in [4.78, 5) is 12.5. The average Bonchev–Trinajstić information content (AvgIpc) is 2.79. The van der Waals surface area contributed by atoms with Crippen LogP contribution < -0.4 is 5.32 Å². The fourth-order valence-electron chi connectivity index (χ4n) is 1.55. The summed E-state index contributed by atoms with van der Waals surface area (Å²) >= 11 is 1.45. The second kappa shape index (κ2) is 4.98. The molecule has 1 aromatic heterocycles. The summed E-state index contributed by atoms with van der Waals surface area (Å²) in [7, 11) is 0. The maximum Gasteiger partial charge on any atom is 0.262 e. The zero-order valence-electron chi connectivity index (χ0n) is 9.43. The Bertz CT molecular complexity index is 549. The Morgan fingerprint density at radius 3 is 2.94 bits per heavy atom. The summed E-state index contributed by atoms with van der Waals surface area (Å²) in [5.74, 6) is -0.167. The van der Waals surface area contributed by atoms with Gasteiger partial charge in [-0.15, -0.1) is 11.3 Å². The Labute approximate surface area is 104 Å². The zero-order chi connectivity index (χ0) is 12.3. The molecule has 0 saturated heterocycles. The van der Waals surface area contributed by atoms with Crippen molar-refractivity contribution in [2.75, 3.05) is 0 Å². The minimum atomic E-state index is -0.410. The molecule has 1 N–H and O–H groups in total. The lowest BCUT2D eigenvalue weighted by Gasteiger charge is -2.06. The molecule has 0 fully saturated rings. The molecule has 4 heteroatoms. The van der Waals surface area contributed by atoms with Crippen LogP contribution in [0.15, 0.2) is 30.3 Å². The average molecular weight is 244 g/mol. The van der Waals surface area contributed by atoms with Gasteiger partial charge in [0.15, 0.2) is 0 Å². The van der Waals surface area contributed by atoms with Gasteiger partial charge in [-0.3, -0.25) is 4.79 Å². The molecule has 86 valence electrons. The van der Waals surface area contributed by atoms with E-state index in [4.69, 9.17) is 5.26 Å². The number of amides is 1. The summed E-state index contributed by atoms with van der Waals surface area (Å²) in [6.07, 6.45) is 0.618. The molecular formula is C13H12N2OS. The number of rotatable bonds is 3. The molecule has 2 rings (SSSR count). The number of carbonyl (C=O) groups is 1. The third-order valence-electron chi connectivity index (χ3n) is 2.52. The number of nitrogens with one attached hydrogen (secondary N) is 1. The van der Waals surface area contributed by atoms with Gasteiger partial charge < -0.3 is 5.32 Å². The van der Waals surface area contributed by atoms with Gasteiger partial charge in [0.2, 0.25) is 0 Å². The fourth-order valence-corrected chi connectivity index (χ4v) is 2.51. The predicted molar refractivity (Wildman–Crippen MR) is 69.0 cm³/mol. The summed E-state index contributed by atoms with van der Waals surface area (Å²) in [5, 5.41) is 12.6. The summed E-state index contributed by atoms with van der Waals surface area (Å²) < 4.78 is 1.09. The van der Waals surface area contributed by atoms with Crippen molar-refractivity contribution in [3.63, 3.8) is 0 Å². The second-order valence-electron chi connectivity index (χ2n) is 3.71. The number of thiophene rings is 1. The maximum atomic E-state index is 11.9. The smallest absolute Gasteiger partial charge is 0.262 e. The van der Waals surface area contributed by atoms with Crippen LogP contribution in [-0.4, -0.2) is 11.9 Å². The molecule has 1 amide bonds. The normalized spacial score (nSPS) is 12.0. The Kier molecular flexibility index (Phi) is 3.40. The van der Waals surface area contributed by atoms with Gasteiger partial charge in [0.1, 0.15) is 6.04 Å². The first kappa shape index (κ1) is 11.6. The Hall–Kier alpha value is -1.86. The molecule has 0 aliphatic rings. The van der Waals surface area contributed by atoms with E-state index in [1.165, 1.54) is 11.3 Å². The first-order valence-corrected chi connectivity index (χ1v) is 6.25. The van der Waals surface area contributed by atoms with Crippen molar-refractivity contribution >= 4 is 27.3 Å². The zero-order valence-corrected chi connectivity index (χ0v) is 10.3. The minimum absolute atomic E-state index is 0.167. The van der Waals surface area contributed by atoms with E-state index in [1.54, 1.807) is 0 Å². The van der Waals surface area contributed by atoms with Crippen molar-refractivity contribution in [1.82, 2.24) is 5.32 Å². The Balaban J connectivity index is 2.22. The number of nitrogens with zero attached hydrogens (tertiary/aromatic N) is 1. The lowest BCUT2D eigenvalue weighted by atomic mass is 10.2. The predicted octanol–water partition coefficient (Wildman–Crippen LogP) is 2.93. The van der Waals surface area contributed by atoms with Crippen LogP contribution in [-0.2, 0) is 0 Å². The van der Waals surface area contributed by atoms with Gasteiger partial charge in [0, 0.05) is 4.70 Å². The molecule has 0 aliphatic heterocycles. The molecule has 0 spiro atoms. The fraction of sp³-hybridized carbons (Fsp3) is 0.231. The Morgan fingerprint density at radius 2 is 2.29 bits per heavy atom.